The molecular weight excluding hydrogens is 450 g/mol. The smallest absolute Gasteiger partial charge is 0.258 e. The molecule has 1 unspecified atom stereocenters. The van der Waals surface area contributed by atoms with E-state index in [9.17, 15) is 15.0 Å². The maximum absolute atomic E-state index is 13.1. The molecule has 1 amide bonds. The Morgan fingerprint density at radius 1 is 1.15 bits per heavy atom. The first kappa shape index (κ1) is 24.0. The number of hydrogen-bond donors (Lipinski definition) is 4. The van der Waals surface area contributed by atoms with Crippen LogP contribution in [0.4, 0.5) is 17.3 Å². The van der Waals surface area contributed by atoms with Crippen LogP contribution in [0.15, 0.2) is 48.5 Å². The molecule has 0 bridgehead atoms. The summed E-state index contributed by atoms with van der Waals surface area (Å²) in [4.78, 5) is 14.7. The number of para-hydroxylation sites is 1. The van der Waals surface area contributed by atoms with E-state index in [1.54, 1.807) is 23.1 Å². The Kier molecular flexibility index (Phi) is 7.04. The zero-order valence-corrected chi connectivity index (χ0v) is 20.5. The zero-order chi connectivity index (χ0) is 24.3. The second-order valence-corrected chi connectivity index (χ2v) is 10.1. The Bertz CT molecular complexity index is 1130. The predicted octanol–water partition coefficient (Wildman–Crippen LogP) is 4.78. The van der Waals surface area contributed by atoms with Crippen LogP contribution in [0.5, 0.6) is 5.75 Å². The van der Waals surface area contributed by atoms with E-state index in [1.807, 2.05) is 18.2 Å². The standard InChI is InChI=1S/C25H31N5O3S/c1-25(2,3)21(16-9-5-4-6-10-16)27-23-22(28-34-29-23)26-19-13-7-12-18(20(19)32)24(33)30-14-8-11-17(30)15-31/h4-7,9-10,12-13,17,21,31-32H,8,11,14-15H2,1-3H3,(H,26,28)(H,27,29)/t17-,21?/m0/s1. The molecule has 1 fully saturated rings. The molecule has 180 valence electrons. The summed E-state index contributed by atoms with van der Waals surface area (Å²) < 4.78 is 8.81. The minimum atomic E-state index is -0.288. The molecule has 1 saturated heterocycles. The minimum Gasteiger partial charge on any atom is -0.505 e. The number of carbonyl (C=O) groups excluding carboxylic acids is 1. The van der Waals surface area contributed by atoms with Gasteiger partial charge in [-0.15, -0.1) is 0 Å². The van der Waals surface area contributed by atoms with E-state index in [4.69, 9.17) is 0 Å². The Hall–Kier alpha value is -3.17. The van der Waals surface area contributed by atoms with E-state index < -0.39 is 0 Å². The number of aromatic nitrogens is 2. The van der Waals surface area contributed by atoms with Gasteiger partial charge in [-0.2, -0.15) is 8.75 Å². The first-order valence-electron chi connectivity index (χ1n) is 11.4. The van der Waals surface area contributed by atoms with Crippen molar-refractivity contribution in [2.24, 2.45) is 5.41 Å². The Morgan fingerprint density at radius 2 is 1.88 bits per heavy atom. The van der Waals surface area contributed by atoms with Crippen LogP contribution in [-0.2, 0) is 0 Å². The van der Waals surface area contributed by atoms with Crippen molar-refractivity contribution >= 4 is 35.0 Å². The molecule has 4 rings (SSSR count). The van der Waals surface area contributed by atoms with Gasteiger partial charge in [-0.1, -0.05) is 57.2 Å². The van der Waals surface area contributed by atoms with E-state index in [1.165, 1.54) is 0 Å². The van der Waals surface area contributed by atoms with Gasteiger partial charge in [0, 0.05) is 6.54 Å². The number of phenols is 1. The van der Waals surface area contributed by atoms with Crippen LogP contribution < -0.4 is 10.6 Å². The van der Waals surface area contributed by atoms with Crippen LogP contribution in [0.25, 0.3) is 0 Å². The summed E-state index contributed by atoms with van der Waals surface area (Å²) in [5, 5.41) is 27.2. The fourth-order valence-electron chi connectivity index (χ4n) is 4.34. The third kappa shape index (κ3) is 5.00. The fourth-order valence-corrected chi connectivity index (χ4v) is 4.81. The number of rotatable bonds is 7. The van der Waals surface area contributed by atoms with E-state index in [0.29, 0.717) is 23.9 Å². The number of anilines is 3. The fraction of sp³-hybridized carbons (Fsp3) is 0.400. The molecule has 0 spiro atoms. The number of aromatic hydroxyl groups is 1. The summed E-state index contributed by atoms with van der Waals surface area (Å²) >= 11 is 1.06. The van der Waals surface area contributed by atoms with E-state index in [2.05, 4.69) is 52.3 Å². The molecule has 2 atom stereocenters. The van der Waals surface area contributed by atoms with Gasteiger partial charge in [0.2, 0.25) is 0 Å². The molecule has 0 radical (unpaired) electrons. The lowest BCUT2D eigenvalue weighted by molar-refractivity contribution is 0.0674. The number of aliphatic hydroxyl groups excluding tert-OH is 1. The van der Waals surface area contributed by atoms with Crippen molar-refractivity contribution in [1.82, 2.24) is 13.6 Å². The lowest BCUT2D eigenvalue weighted by atomic mass is 9.82. The molecule has 4 N–H and O–H groups in total. The van der Waals surface area contributed by atoms with Crippen molar-refractivity contribution in [1.29, 1.82) is 0 Å². The van der Waals surface area contributed by atoms with Gasteiger partial charge >= 0.3 is 0 Å². The predicted molar refractivity (Wildman–Crippen MR) is 135 cm³/mol. The van der Waals surface area contributed by atoms with Crippen molar-refractivity contribution in [2.45, 2.75) is 45.7 Å². The van der Waals surface area contributed by atoms with Crippen LogP contribution in [0.3, 0.4) is 0 Å². The average molecular weight is 482 g/mol. The second-order valence-electron chi connectivity index (χ2n) is 9.62. The SMILES string of the molecule is CC(C)(C)C(Nc1nsnc1Nc1cccc(C(=O)N2CCC[C@H]2CO)c1O)c1ccccc1. The Labute approximate surface area is 204 Å². The van der Waals surface area contributed by atoms with Gasteiger partial charge in [0.15, 0.2) is 17.4 Å². The Balaban J connectivity index is 1.58. The molecule has 0 aliphatic carbocycles. The highest BCUT2D eigenvalue weighted by Gasteiger charge is 2.31. The number of likely N-dealkylation sites (tertiary alicyclic amines) is 1. The number of nitrogens with one attached hydrogen (secondary N) is 2. The molecule has 1 aliphatic rings. The van der Waals surface area contributed by atoms with Crippen molar-refractivity contribution < 1.29 is 15.0 Å². The number of nitrogens with zero attached hydrogens (tertiary/aromatic N) is 3. The highest BCUT2D eigenvalue weighted by atomic mass is 32.1. The highest BCUT2D eigenvalue weighted by molar-refractivity contribution is 6.99. The summed E-state index contributed by atoms with van der Waals surface area (Å²) in [6, 6.07) is 14.9. The van der Waals surface area contributed by atoms with E-state index in [-0.39, 0.29) is 41.3 Å². The van der Waals surface area contributed by atoms with Gasteiger partial charge in [-0.05, 0) is 36.0 Å². The number of amides is 1. The molecule has 0 saturated carbocycles. The van der Waals surface area contributed by atoms with Gasteiger partial charge in [0.25, 0.3) is 5.91 Å². The van der Waals surface area contributed by atoms with Gasteiger partial charge in [-0.25, -0.2) is 0 Å². The highest BCUT2D eigenvalue weighted by Crippen LogP contribution is 2.39. The quantitative estimate of drug-likeness (QED) is 0.359. The first-order chi connectivity index (χ1) is 16.3. The number of hydrogen-bond acceptors (Lipinski definition) is 8. The summed E-state index contributed by atoms with van der Waals surface area (Å²) in [6.07, 6.45) is 1.60. The van der Waals surface area contributed by atoms with Crippen LogP contribution in [0.1, 0.15) is 55.6 Å². The second kappa shape index (κ2) is 9.99. The summed E-state index contributed by atoms with van der Waals surface area (Å²) in [6.45, 7) is 6.95. The molecule has 34 heavy (non-hydrogen) atoms. The Morgan fingerprint density at radius 3 is 2.59 bits per heavy atom. The van der Waals surface area contributed by atoms with E-state index >= 15 is 0 Å². The molecule has 1 aliphatic heterocycles. The summed E-state index contributed by atoms with van der Waals surface area (Å²) in [7, 11) is 0. The van der Waals surface area contributed by atoms with Gasteiger partial charge in [0.05, 0.1) is 41.7 Å². The first-order valence-corrected chi connectivity index (χ1v) is 12.2. The van der Waals surface area contributed by atoms with Crippen LogP contribution in [0.2, 0.25) is 0 Å². The molecule has 1 aromatic heterocycles. The van der Waals surface area contributed by atoms with E-state index in [0.717, 1.165) is 30.1 Å². The number of benzene rings is 2. The lowest BCUT2D eigenvalue weighted by Crippen LogP contribution is -2.37. The van der Waals surface area contributed by atoms with Gasteiger partial charge in [0.1, 0.15) is 0 Å². The number of aliphatic hydroxyl groups is 1. The molecule has 2 heterocycles. The van der Waals surface area contributed by atoms with Crippen molar-refractivity contribution in [3.63, 3.8) is 0 Å². The topological polar surface area (TPSA) is 111 Å². The normalized spacial score (nSPS) is 16.9. The molecule has 9 heteroatoms. The minimum absolute atomic E-state index is 0.0229. The maximum atomic E-state index is 13.1. The average Bonchev–Trinajstić information content (AvgIpc) is 3.47. The third-order valence-electron chi connectivity index (χ3n) is 6.14. The molecule has 2 aromatic carbocycles. The van der Waals surface area contributed by atoms with Crippen LogP contribution in [-0.4, -0.2) is 49.0 Å². The third-order valence-corrected chi connectivity index (χ3v) is 6.67. The number of phenolic OH excluding ortho intramolecular Hbond substituents is 1. The van der Waals surface area contributed by atoms with Crippen molar-refractivity contribution in [3.8, 4) is 5.75 Å². The van der Waals surface area contributed by atoms with Gasteiger partial charge < -0.3 is 25.7 Å². The number of carbonyl (C=O) groups is 1. The van der Waals surface area contributed by atoms with Crippen molar-refractivity contribution in [3.05, 3.63) is 59.7 Å². The monoisotopic (exact) mass is 481 g/mol. The van der Waals surface area contributed by atoms with Crippen LogP contribution >= 0.6 is 11.7 Å². The van der Waals surface area contributed by atoms with Gasteiger partial charge in [-0.3, -0.25) is 4.79 Å². The largest absolute Gasteiger partial charge is 0.505 e. The van der Waals surface area contributed by atoms with Crippen LogP contribution in [0, 0.1) is 5.41 Å². The lowest BCUT2D eigenvalue weighted by Gasteiger charge is -2.32. The molecule has 8 nitrogen and oxygen atoms in total. The maximum Gasteiger partial charge on any atom is 0.258 e. The zero-order valence-electron chi connectivity index (χ0n) is 19.7. The van der Waals surface area contributed by atoms with Crippen molar-refractivity contribution in [2.75, 3.05) is 23.8 Å². The molecular formula is C25H31N5O3S. The summed E-state index contributed by atoms with van der Waals surface area (Å²) in [5.41, 5.74) is 1.59. The summed E-state index contributed by atoms with van der Waals surface area (Å²) in [5.74, 6) is 0.615. The molecule has 3 aromatic rings.